The molecule has 1 aliphatic rings. The fraction of sp³-hybridized carbons (Fsp3) is 0.619. The SMILES string of the molecule is COC(=O)c1ccc(C(C)N2C[C@H](C)N(C(=O)OC(C)(C)C)C[C@H]2C)cc1. The Hall–Kier alpha value is -2.08. The smallest absolute Gasteiger partial charge is 0.410 e. The molecule has 1 aromatic carbocycles. The summed E-state index contributed by atoms with van der Waals surface area (Å²) in [6.07, 6.45) is -0.253. The van der Waals surface area contributed by atoms with Gasteiger partial charge >= 0.3 is 12.1 Å². The summed E-state index contributed by atoms with van der Waals surface area (Å²) in [5, 5.41) is 0. The van der Waals surface area contributed by atoms with Crippen molar-refractivity contribution in [2.75, 3.05) is 20.2 Å². The van der Waals surface area contributed by atoms with Gasteiger partial charge in [-0.25, -0.2) is 9.59 Å². The maximum Gasteiger partial charge on any atom is 0.410 e. The standard InChI is InChI=1S/C21H32N2O4/c1-14-13-23(20(25)27-21(4,5)6)15(2)12-22(14)16(3)17-8-10-18(11-9-17)19(24)26-7/h8-11,14-16H,12-13H2,1-7H3/t14-,15+,16?/m1/s1. The zero-order valence-corrected chi connectivity index (χ0v) is 17.5. The number of rotatable bonds is 3. The number of methoxy groups -OCH3 is 1. The van der Waals surface area contributed by atoms with Crippen molar-refractivity contribution in [2.24, 2.45) is 0 Å². The van der Waals surface area contributed by atoms with E-state index in [0.717, 1.165) is 12.1 Å². The molecule has 6 heteroatoms. The van der Waals surface area contributed by atoms with Crippen molar-refractivity contribution in [1.82, 2.24) is 9.80 Å². The normalized spacial score (nSPS) is 22.3. The molecule has 0 spiro atoms. The highest BCUT2D eigenvalue weighted by Gasteiger charge is 2.36. The van der Waals surface area contributed by atoms with Crippen LogP contribution in [0.25, 0.3) is 0 Å². The van der Waals surface area contributed by atoms with E-state index in [1.54, 1.807) is 12.1 Å². The van der Waals surface area contributed by atoms with E-state index < -0.39 is 5.60 Å². The number of benzene rings is 1. The third kappa shape index (κ3) is 5.22. The Bertz CT molecular complexity index is 666. The third-order valence-corrected chi connectivity index (χ3v) is 4.97. The molecule has 3 atom stereocenters. The summed E-state index contributed by atoms with van der Waals surface area (Å²) < 4.78 is 10.3. The average Bonchev–Trinajstić information content (AvgIpc) is 2.60. The molecule has 0 aliphatic carbocycles. The molecule has 1 saturated heterocycles. The van der Waals surface area contributed by atoms with Gasteiger partial charge in [-0.1, -0.05) is 12.1 Å². The number of hydrogen-bond acceptors (Lipinski definition) is 5. The van der Waals surface area contributed by atoms with Crippen molar-refractivity contribution in [1.29, 1.82) is 0 Å². The second-order valence-electron chi connectivity index (χ2n) is 8.32. The molecule has 0 N–H and O–H groups in total. The minimum Gasteiger partial charge on any atom is -0.465 e. The van der Waals surface area contributed by atoms with Crippen molar-refractivity contribution in [3.05, 3.63) is 35.4 Å². The van der Waals surface area contributed by atoms with E-state index in [-0.39, 0.29) is 30.2 Å². The van der Waals surface area contributed by atoms with Gasteiger partial charge in [0.05, 0.1) is 12.7 Å². The van der Waals surface area contributed by atoms with Gasteiger partial charge in [0, 0.05) is 31.2 Å². The van der Waals surface area contributed by atoms with Crippen LogP contribution in [0, 0.1) is 0 Å². The number of hydrogen-bond donors (Lipinski definition) is 0. The molecule has 2 rings (SSSR count). The topological polar surface area (TPSA) is 59.1 Å². The first-order valence-corrected chi connectivity index (χ1v) is 9.47. The predicted octanol–water partition coefficient (Wildman–Crippen LogP) is 3.86. The van der Waals surface area contributed by atoms with Crippen LogP contribution in [-0.4, -0.2) is 59.7 Å². The van der Waals surface area contributed by atoms with Crippen LogP contribution < -0.4 is 0 Å². The second kappa shape index (κ2) is 8.30. The van der Waals surface area contributed by atoms with Crippen LogP contribution in [0.2, 0.25) is 0 Å². The number of amides is 1. The summed E-state index contributed by atoms with van der Waals surface area (Å²) in [5.74, 6) is -0.331. The van der Waals surface area contributed by atoms with Crippen LogP contribution in [0.5, 0.6) is 0 Å². The summed E-state index contributed by atoms with van der Waals surface area (Å²) in [4.78, 5) is 28.3. The van der Waals surface area contributed by atoms with Crippen LogP contribution >= 0.6 is 0 Å². The number of carbonyl (C=O) groups excluding carboxylic acids is 2. The molecule has 1 fully saturated rings. The molecule has 0 saturated carbocycles. The lowest BCUT2D eigenvalue weighted by atomic mass is 10.00. The Morgan fingerprint density at radius 1 is 1.07 bits per heavy atom. The fourth-order valence-corrected chi connectivity index (χ4v) is 3.48. The minimum atomic E-state index is -0.494. The largest absolute Gasteiger partial charge is 0.465 e. The first-order valence-electron chi connectivity index (χ1n) is 9.47. The molecule has 27 heavy (non-hydrogen) atoms. The summed E-state index contributed by atoms with van der Waals surface area (Å²) in [5.41, 5.74) is 1.18. The number of carbonyl (C=O) groups is 2. The Balaban J connectivity index is 2.08. The lowest BCUT2D eigenvalue weighted by Crippen LogP contribution is -2.59. The maximum absolute atomic E-state index is 12.5. The maximum atomic E-state index is 12.5. The van der Waals surface area contributed by atoms with Gasteiger partial charge in [0.25, 0.3) is 0 Å². The van der Waals surface area contributed by atoms with Crippen LogP contribution in [-0.2, 0) is 9.47 Å². The van der Waals surface area contributed by atoms with Crippen molar-refractivity contribution < 1.29 is 19.1 Å². The number of nitrogens with zero attached hydrogens (tertiary/aromatic N) is 2. The van der Waals surface area contributed by atoms with Crippen molar-refractivity contribution >= 4 is 12.1 Å². The van der Waals surface area contributed by atoms with Gasteiger partial charge in [-0.15, -0.1) is 0 Å². The molecule has 0 radical (unpaired) electrons. The van der Waals surface area contributed by atoms with Gasteiger partial charge in [-0.3, -0.25) is 4.90 Å². The Morgan fingerprint density at radius 2 is 1.67 bits per heavy atom. The van der Waals surface area contributed by atoms with Crippen LogP contribution in [0.15, 0.2) is 24.3 Å². The van der Waals surface area contributed by atoms with E-state index in [2.05, 4.69) is 25.7 Å². The molecule has 0 bridgehead atoms. The van der Waals surface area contributed by atoms with Gasteiger partial charge < -0.3 is 14.4 Å². The molecule has 1 amide bonds. The summed E-state index contributed by atoms with van der Waals surface area (Å²) in [7, 11) is 1.38. The highest BCUT2D eigenvalue weighted by molar-refractivity contribution is 5.89. The first kappa shape index (κ1) is 21.2. The van der Waals surface area contributed by atoms with E-state index in [9.17, 15) is 9.59 Å². The molecule has 1 heterocycles. The zero-order chi connectivity index (χ0) is 20.4. The van der Waals surface area contributed by atoms with Gasteiger partial charge in [0.15, 0.2) is 0 Å². The predicted molar refractivity (Wildman–Crippen MR) is 105 cm³/mol. The number of esters is 1. The van der Waals surface area contributed by atoms with Crippen LogP contribution in [0.4, 0.5) is 4.79 Å². The monoisotopic (exact) mass is 376 g/mol. The Labute approximate surface area is 162 Å². The van der Waals surface area contributed by atoms with Gasteiger partial charge in [0.2, 0.25) is 0 Å². The lowest BCUT2D eigenvalue weighted by Gasteiger charge is -2.46. The van der Waals surface area contributed by atoms with E-state index in [1.165, 1.54) is 7.11 Å². The number of piperazine rings is 1. The lowest BCUT2D eigenvalue weighted by molar-refractivity contribution is -0.0184. The third-order valence-electron chi connectivity index (χ3n) is 4.97. The molecule has 150 valence electrons. The van der Waals surface area contributed by atoms with E-state index in [4.69, 9.17) is 9.47 Å². The first-order chi connectivity index (χ1) is 12.5. The molecular formula is C21H32N2O4. The molecule has 0 aromatic heterocycles. The van der Waals surface area contributed by atoms with Crippen LogP contribution in [0.1, 0.15) is 63.5 Å². The Morgan fingerprint density at radius 3 is 2.19 bits per heavy atom. The second-order valence-corrected chi connectivity index (χ2v) is 8.32. The molecule has 1 unspecified atom stereocenters. The van der Waals surface area contributed by atoms with Gasteiger partial charge in [0.1, 0.15) is 5.60 Å². The quantitative estimate of drug-likeness (QED) is 0.750. The molecule has 1 aromatic rings. The van der Waals surface area contributed by atoms with Gasteiger partial charge in [-0.05, 0) is 59.2 Å². The highest BCUT2D eigenvalue weighted by atomic mass is 16.6. The zero-order valence-electron chi connectivity index (χ0n) is 17.5. The fourth-order valence-electron chi connectivity index (χ4n) is 3.48. The van der Waals surface area contributed by atoms with Crippen LogP contribution in [0.3, 0.4) is 0 Å². The van der Waals surface area contributed by atoms with E-state index >= 15 is 0 Å². The molecule has 6 nitrogen and oxygen atoms in total. The minimum absolute atomic E-state index is 0.0628. The van der Waals surface area contributed by atoms with Gasteiger partial charge in [-0.2, -0.15) is 0 Å². The molecular weight excluding hydrogens is 344 g/mol. The average molecular weight is 376 g/mol. The summed E-state index contributed by atoms with van der Waals surface area (Å²) in [6.45, 7) is 13.4. The highest BCUT2D eigenvalue weighted by Crippen LogP contribution is 2.28. The molecule has 1 aliphatic heterocycles. The number of ether oxygens (including phenoxy) is 2. The van der Waals surface area contributed by atoms with Crippen molar-refractivity contribution in [3.63, 3.8) is 0 Å². The van der Waals surface area contributed by atoms with Crippen molar-refractivity contribution in [2.45, 2.75) is 65.3 Å². The summed E-state index contributed by atoms with van der Waals surface area (Å²) in [6, 6.07) is 7.96. The van der Waals surface area contributed by atoms with E-state index in [0.29, 0.717) is 12.1 Å². The van der Waals surface area contributed by atoms with Crippen molar-refractivity contribution in [3.8, 4) is 0 Å². The van der Waals surface area contributed by atoms with E-state index in [1.807, 2.05) is 37.8 Å². The summed E-state index contributed by atoms with van der Waals surface area (Å²) >= 11 is 0. The Kier molecular flexibility index (Phi) is 6.52.